The van der Waals surface area contributed by atoms with E-state index in [1.54, 1.807) is 6.21 Å². The molecule has 2 N–H and O–H groups in total. The summed E-state index contributed by atoms with van der Waals surface area (Å²) in [4.78, 5) is 15.5. The van der Waals surface area contributed by atoms with Gasteiger partial charge in [0, 0.05) is 44.4 Å². The highest BCUT2D eigenvalue weighted by atomic mass is 19.4. The number of piperazine rings is 1. The smallest absolute Gasteiger partial charge is 0.351 e. The van der Waals surface area contributed by atoms with E-state index >= 15 is 0 Å². The third-order valence-corrected chi connectivity index (χ3v) is 5.35. The summed E-state index contributed by atoms with van der Waals surface area (Å²) in [7, 11) is 0. The molecule has 12 heteroatoms. The maximum atomic E-state index is 13.9. The molecule has 3 aliphatic rings. The van der Waals surface area contributed by atoms with Gasteiger partial charge in [0.05, 0.1) is 23.0 Å². The minimum Gasteiger partial charge on any atom is -0.351 e. The Morgan fingerprint density at radius 3 is 2.65 bits per heavy atom. The van der Waals surface area contributed by atoms with Crippen molar-refractivity contribution in [1.82, 2.24) is 25.4 Å². The number of hydrazone groups is 1. The van der Waals surface area contributed by atoms with Crippen molar-refractivity contribution in [2.24, 2.45) is 15.1 Å². The van der Waals surface area contributed by atoms with Crippen LogP contribution in [-0.2, 0) is 6.18 Å². The number of aliphatic imine (C=N–C) groups is 2. The quantitative estimate of drug-likeness (QED) is 0.723. The summed E-state index contributed by atoms with van der Waals surface area (Å²) in [5, 5.41) is 15.4. The lowest BCUT2D eigenvalue weighted by molar-refractivity contribution is -0.137. The summed E-state index contributed by atoms with van der Waals surface area (Å²) in [5.41, 5.74) is -0.340. The van der Waals surface area contributed by atoms with E-state index in [1.807, 2.05) is 6.92 Å². The zero-order chi connectivity index (χ0) is 21.6. The largest absolute Gasteiger partial charge is 0.417 e. The van der Waals surface area contributed by atoms with Gasteiger partial charge in [0.25, 0.3) is 0 Å². The number of alkyl halides is 3. The molecule has 162 valence electrons. The van der Waals surface area contributed by atoms with Gasteiger partial charge in [0.15, 0.2) is 17.5 Å². The molecule has 2 aromatic rings. The molecule has 4 heterocycles. The van der Waals surface area contributed by atoms with Gasteiger partial charge in [-0.25, -0.2) is 15.0 Å². The molecule has 31 heavy (non-hydrogen) atoms. The number of H-pyrrole nitrogens is 1. The normalized spacial score (nSPS) is 21.2. The number of hydrogen-bond acceptors (Lipinski definition) is 8. The van der Waals surface area contributed by atoms with Crippen molar-refractivity contribution in [1.29, 1.82) is 0 Å². The molecule has 1 aromatic heterocycles. The standard InChI is InChI=1S/C19H20F3N9/c1-11-2-3-26-31-15-9-13(19(20,21)22)12(16-24-10-25-29-16)8-14(15)28-17(18(31)27-11)30-6-4-23-5-7-30/h3,8-11,23H,2,4-7H2,1H3,(H,24,25,29). The van der Waals surface area contributed by atoms with E-state index in [1.165, 1.54) is 17.4 Å². The summed E-state index contributed by atoms with van der Waals surface area (Å²) in [6.45, 7) is 4.95. The molecular weight excluding hydrogens is 411 g/mol. The zero-order valence-corrected chi connectivity index (χ0v) is 16.7. The molecule has 1 saturated heterocycles. The number of halogens is 3. The van der Waals surface area contributed by atoms with Crippen molar-refractivity contribution in [2.45, 2.75) is 25.6 Å². The van der Waals surface area contributed by atoms with Crippen molar-refractivity contribution in [2.75, 3.05) is 31.2 Å². The van der Waals surface area contributed by atoms with Crippen LogP contribution >= 0.6 is 0 Å². The van der Waals surface area contributed by atoms with Crippen LogP contribution in [0.3, 0.4) is 0 Å². The fraction of sp³-hybridized carbons (Fsp3) is 0.421. The second-order valence-electron chi connectivity index (χ2n) is 7.54. The van der Waals surface area contributed by atoms with Crippen molar-refractivity contribution in [3.63, 3.8) is 0 Å². The highest BCUT2D eigenvalue weighted by Crippen LogP contribution is 2.44. The Balaban J connectivity index is 1.73. The van der Waals surface area contributed by atoms with Gasteiger partial charge in [0.1, 0.15) is 6.33 Å². The van der Waals surface area contributed by atoms with E-state index in [9.17, 15) is 13.2 Å². The van der Waals surface area contributed by atoms with Crippen LogP contribution in [0.2, 0.25) is 0 Å². The van der Waals surface area contributed by atoms with Crippen LogP contribution in [0.25, 0.3) is 11.4 Å². The maximum absolute atomic E-state index is 13.9. The molecule has 0 spiro atoms. The van der Waals surface area contributed by atoms with E-state index in [0.29, 0.717) is 36.9 Å². The number of fused-ring (bicyclic) bond motifs is 3. The van der Waals surface area contributed by atoms with E-state index in [4.69, 9.17) is 9.98 Å². The Bertz CT molecular complexity index is 1070. The second kappa shape index (κ2) is 7.45. The molecule has 1 aromatic carbocycles. The summed E-state index contributed by atoms with van der Waals surface area (Å²) < 4.78 is 41.8. The monoisotopic (exact) mass is 431 g/mol. The van der Waals surface area contributed by atoms with Crippen molar-refractivity contribution >= 4 is 29.3 Å². The average molecular weight is 431 g/mol. The van der Waals surface area contributed by atoms with Crippen LogP contribution in [0, 0.1) is 0 Å². The molecule has 0 bridgehead atoms. The lowest BCUT2D eigenvalue weighted by Crippen LogP contribution is -2.52. The topological polar surface area (TPSA) is 97.2 Å². The van der Waals surface area contributed by atoms with Gasteiger partial charge < -0.3 is 10.2 Å². The van der Waals surface area contributed by atoms with Gasteiger partial charge in [0.2, 0.25) is 0 Å². The van der Waals surface area contributed by atoms with Gasteiger partial charge in [-0.2, -0.15) is 23.4 Å². The van der Waals surface area contributed by atoms with Crippen LogP contribution in [0.1, 0.15) is 18.9 Å². The van der Waals surface area contributed by atoms with Crippen LogP contribution in [0.4, 0.5) is 24.5 Å². The van der Waals surface area contributed by atoms with E-state index in [2.05, 4.69) is 30.5 Å². The summed E-state index contributed by atoms with van der Waals surface area (Å²) in [6, 6.07) is 2.39. The first-order chi connectivity index (χ1) is 14.9. The molecular formula is C19H20F3N9. The number of hydrogen-bond donors (Lipinski definition) is 2. The fourth-order valence-corrected chi connectivity index (χ4v) is 3.84. The van der Waals surface area contributed by atoms with Gasteiger partial charge in [-0.05, 0) is 19.1 Å². The lowest BCUT2D eigenvalue weighted by atomic mass is 10.0. The number of amidine groups is 2. The maximum Gasteiger partial charge on any atom is 0.417 e. The molecule has 1 unspecified atom stereocenters. The molecule has 3 aliphatic heterocycles. The van der Waals surface area contributed by atoms with E-state index in [-0.39, 0.29) is 23.1 Å². The number of aromatic nitrogens is 3. The van der Waals surface area contributed by atoms with Crippen LogP contribution in [0.5, 0.6) is 0 Å². The first-order valence-electron chi connectivity index (χ1n) is 9.98. The minimum atomic E-state index is -4.60. The Hall–Kier alpha value is -3.28. The fourth-order valence-electron chi connectivity index (χ4n) is 3.84. The SMILES string of the molecule is CC1CC=NN2C(=N1)C(N1CCNCC1)=Nc1cc(-c3ncn[nH]3)c(C(F)(F)F)cc12. The predicted octanol–water partition coefficient (Wildman–Crippen LogP) is 2.42. The number of benzene rings is 1. The Morgan fingerprint density at radius 2 is 1.94 bits per heavy atom. The summed E-state index contributed by atoms with van der Waals surface area (Å²) in [5.74, 6) is 1.11. The van der Waals surface area contributed by atoms with Crippen molar-refractivity contribution < 1.29 is 13.2 Å². The van der Waals surface area contributed by atoms with Gasteiger partial charge in [-0.1, -0.05) is 0 Å². The Labute approximate surface area is 175 Å². The highest BCUT2D eigenvalue weighted by Gasteiger charge is 2.39. The molecule has 0 aliphatic carbocycles. The first-order valence-corrected chi connectivity index (χ1v) is 9.98. The minimum absolute atomic E-state index is 0.0292. The molecule has 0 saturated carbocycles. The Morgan fingerprint density at radius 1 is 1.13 bits per heavy atom. The second-order valence-corrected chi connectivity index (χ2v) is 7.54. The molecule has 9 nitrogen and oxygen atoms in total. The molecule has 0 radical (unpaired) electrons. The number of rotatable bonds is 1. The lowest BCUT2D eigenvalue weighted by Gasteiger charge is -2.36. The van der Waals surface area contributed by atoms with Gasteiger partial charge in [-0.15, -0.1) is 0 Å². The molecule has 0 amide bonds. The van der Waals surface area contributed by atoms with Crippen molar-refractivity contribution in [3.8, 4) is 11.4 Å². The molecule has 5 rings (SSSR count). The third kappa shape index (κ3) is 3.56. The van der Waals surface area contributed by atoms with Crippen LogP contribution < -0.4 is 10.3 Å². The van der Waals surface area contributed by atoms with Gasteiger partial charge >= 0.3 is 6.18 Å². The summed E-state index contributed by atoms with van der Waals surface area (Å²) >= 11 is 0. The van der Waals surface area contributed by atoms with E-state index < -0.39 is 11.7 Å². The predicted molar refractivity (Wildman–Crippen MR) is 111 cm³/mol. The van der Waals surface area contributed by atoms with Crippen molar-refractivity contribution in [3.05, 3.63) is 24.0 Å². The third-order valence-electron chi connectivity index (χ3n) is 5.35. The summed E-state index contributed by atoms with van der Waals surface area (Å²) in [6.07, 6.45) is -1.15. The Kier molecular flexibility index (Phi) is 4.73. The number of anilines is 1. The number of nitrogens with zero attached hydrogens (tertiary/aromatic N) is 7. The average Bonchev–Trinajstić information content (AvgIpc) is 3.21. The zero-order valence-electron chi connectivity index (χ0n) is 16.7. The molecule has 1 fully saturated rings. The number of nitrogens with one attached hydrogen (secondary N) is 2. The van der Waals surface area contributed by atoms with Crippen LogP contribution in [0.15, 0.2) is 33.5 Å². The number of aromatic amines is 1. The van der Waals surface area contributed by atoms with E-state index in [0.717, 1.165) is 19.2 Å². The highest BCUT2D eigenvalue weighted by molar-refractivity contribution is 6.47. The van der Waals surface area contributed by atoms with Gasteiger partial charge in [-0.3, -0.25) is 10.1 Å². The van der Waals surface area contributed by atoms with Crippen LogP contribution in [-0.4, -0.2) is 70.2 Å². The first kappa shape index (κ1) is 19.7. The molecule has 1 atom stereocenters.